The Bertz CT molecular complexity index is 515. The molecule has 0 atom stereocenters. The zero-order valence-electron chi connectivity index (χ0n) is 9.31. The highest BCUT2D eigenvalue weighted by molar-refractivity contribution is 7.98. The van der Waals surface area contributed by atoms with Crippen molar-refractivity contribution in [3.05, 3.63) is 41.0 Å². The molecule has 0 amide bonds. The molecule has 0 aliphatic rings. The van der Waals surface area contributed by atoms with Gasteiger partial charge in [0, 0.05) is 19.2 Å². The van der Waals surface area contributed by atoms with Crippen LogP contribution in [0.2, 0.25) is 0 Å². The van der Waals surface area contributed by atoms with Gasteiger partial charge in [0.25, 0.3) is 5.22 Å². The fourth-order valence-corrected chi connectivity index (χ4v) is 2.14. The molecule has 1 aromatic heterocycles. The maximum absolute atomic E-state index is 13.2. The summed E-state index contributed by atoms with van der Waals surface area (Å²) in [4.78, 5) is 0. The number of hydrogen-bond acceptors (Lipinski definition) is 5. The van der Waals surface area contributed by atoms with Gasteiger partial charge >= 0.3 is 0 Å². The number of benzene rings is 1. The molecule has 2 aromatic rings. The van der Waals surface area contributed by atoms with Crippen molar-refractivity contribution in [1.29, 1.82) is 0 Å². The number of nitrogens with two attached hydrogens (primary N) is 1. The van der Waals surface area contributed by atoms with E-state index in [4.69, 9.17) is 10.2 Å². The van der Waals surface area contributed by atoms with Crippen LogP contribution in [0.25, 0.3) is 0 Å². The Morgan fingerprint density at radius 1 is 1.29 bits per heavy atom. The second-order valence-corrected chi connectivity index (χ2v) is 4.47. The third kappa shape index (κ3) is 3.28. The molecule has 0 aliphatic carbocycles. The molecule has 1 heterocycles. The summed E-state index contributed by atoms with van der Waals surface area (Å²) in [6.07, 6.45) is 0. The lowest BCUT2D eigenvalue weighted by atomic mass is 10.1. The van der Waals surface area contributed by atoms with Crippen molar-refractivity contribution in [2.75, 3.05) is 0 Å². The summed E-state index contributed by atoms with van der Waals surface area (Å²) in [5, 5.41) is 8.06. The Kier molecular flexibility index (Phi) is 3.75. The first-order valence-corrected chi connectivity index (χ1v) is 6.07. The highest BCUT2D eigenvalue weighted by atomic mass is 32.2. The quantitative estimate of drug-likeness (QED) is 0.847. The maximum Gasteiger partial charge on any atom is 0.276 e. The number of nitrogens with zero attached hydrogens (tertiary/aromatic N) is 2. The van der Waals surface area contributed by atoms with E-state index < -0.39 is 0 Å². The molecule has 90 valence electrons. The van der Waals surface area contributed by atoms with Crippen molar-refractivity contribution in [3.8, 4) is 0 Å². The standard InChI is InChI=1S/C11H12FN3OS/c1-7-14-15-11(16-7)17-6-9-2-8(5-13)3-10(12)4-9/h2-4H,5-6,13H2,1H3. The molecule has 4 nitrogen and oxygen atoms in total. The molecule has 0 saturated carbocycles. The summed E-state index contributed by atoms with van der Waals surface area (Å²) in [7, 11) is 0. The van der Waals surface area contributed by atoms with Gasteiger partial charge in [-0.1, -0.05) is 17.8 Å². The molecular formula is C11H12FN3OS. The number of hydrogen-bond donors (Lipinski definition) is 1. The molecule has 0 radical (unpaired) electrons. The summed E-state index contributed by atoms with van der Waals surface area (Å²) in [5.41, 5.74) is 7.12. The number of rotatable bonds is 4. The molecule has 0 bridgehead atoms. The van der Waals surface area contributed by atoms with E-state index >= 15 is 0 Å². The van der Waals surface area contributed by atoms with Gasteiger partial charge in [-0.25, -0.2) is 4.39 Å². The van der Waals surface area contributed by atoms with Crippen LogP contribution in [0.3, 0.4) is 0 Å². The van der Waals surface area contributed by atoms with Gasteiger partial charge in [-0.15, -0.1) is 10.2 Å². The van der Waals surface area contributed by atoms with Crippen LogP contribution in [0.15, 0.2) is 27.8 Å². The van der Waals surface area contributed by atoms with E-state index in [1.54, 1.807) is 6.92 Å². The second kappa shape index (κ2) is 5.29. The van der Waals surface area contributed by atoms with Gasteiger partial charge in [0.05, 0.1) is 0 Å². The summed E-state index contributed by atoms with van der Waals surface area (Å²) >= 11 is 1.37. The zero-order chi connectivity index (χ0) is 12.3. The van der Waals surface area contributed by atoms with Crippen molar-refractivity contribution < 1.29 is 8.81 Å². The number of aryl methyl sites for hydroxylation is 1. The van der Waals surface area contributed by atoms with E-state index in [1.807, 2.05) is 6.07 Å². The molecule has 0 saturated heterocycles. The second-order valence-electron chi connectivity index (χ2n) is 3.55. The molecule has 2 N–H and O–H groups in total. The summed E-state index contributed by atoms with van der Waals surface area (Å²) in [6.45, 7) is 2.06. The molecule has 2 rings (SSSR count). The zero-order valence-corrected chi connectivity index (χ0v) is 10.1. The molecule has 6 heteroatoms. The van der Waals surface area contributed by atoms with Crippen molar-refractivity contribution >= 4 is 11.8 Å². The van der Waals surface area contributed by atoms with Crippen LogP contribution >= 0.6 is 11.8 Å². The Morgan fingerprint density at radius 3 is 2.71 bits per heavy atom. The highest BCUT2D eigenvalue weighted by Crippen LogP contribution is 2.22. The molecular weight excluding hydrogens is 241 g/mol. The minimum absolute atomic E-state index is 0.273. The smallest absolute Gasteiger partial charge is 0.276 e. The molecule has 1 aromatic carbocycles. The SMILES string of the molecule is Cc1nnc(SCc2cc(F)cc(CN)c2)o1. The van der Waals surface area contributed by atoms with Crippen LogP contribution < -0.4 is 5.73 Å². The summed E-state index contributed by atoms with van der Waals surface area (Å²) in [5.74, 6) is 0.825. The van der Waals surface area contributed by atoms with Crippen molar-refractivity contribution in [2.45, 2.75) is 24.4 Å². The Morgan fingerprint density at radius 2 is 2.06 bits per heavy atom. The average Bonchev–Trinajstić information content (AvgIpc) is 2.72. The van der Waals surface area contributed by atoms with E-state index in [0.29, 0.717) is 23.4 Å². The molecule has 0 unspecified atom stereocenters. The first-order chi connectivity index (χ1) is 8.17. The normalized spacial score (nSPS) is 10.8. The fourth-order valence-electron chi connectivity index (χ4n) is 1.40. The van der Waals surface area contributed by atoms with Crippen LogP contribution in [-0.4, -0.2) is 10.2 Å². The molecule has 0 fully saturated rings. The van der Waals surface area contributed by atoms with E-state index in [9.17, 15) is 4.39 Å². The van der Waals surface area contributed by atoms with Gasteiger partial charge in [-0.05, 0) is 23.3 Å². The third-order valence-corrected chi connectivity index (χ3v) is 3.01. The lowest BCUT2D eigenvalue weighted by molar-refractivity contribution is 0.429. The number of halogens is 1. The first kappa shape index (κ1) is 12.1. The molecule has 0 aliphatic heterocycles. The predicted octanol–water partition coefficient (Wildman–Crippen LogP) is 2.27. The fraction of sp³-hybridized carbons (Fsp3) is 0.273. The summed E-state index contributed by atoms with van der Waals surface area (Å²) < 4.78 is 18.4. The Hall–Kier alpha value is -1.40. The molecule has 0 spiro atoms. The van der Waals surface area contributed by atoms with Gasteiger partial charge in [-0.2, -0.15) is 0 Å². The average molecular weight is 253 g/mol. The number of aromatic nitrogens is 2. The van der Waals surface area contributed by atoms with Crippen molar-refractivity contribution in [1.82, 2.24) is 10.2 Å². The van der Waals surface area contributed by atoms with Crippen LogP contribution in [0.5, 0.6) is 0 Å². The van der Waals surface area contributed by atoms with Crippen LogP contribution in [0.1, 0.15) is 17.0 Å². The van der Waals surface area contributed by atoms with Gasteiger partial charge in [0.15, 0.2) is 0 Å². The lowest BCUT2D eigenvalue weighted by Gasteiger charge is -2.02. The van der Waals surface area contributed by atoms with Gasteiger partial charge < -0.3 is 10.2 Å². The lowest BCUT2D eigenvalue weighted by Crippen LogP contribution is -1.98. The monoisotopic (exact) mass is 253 g/mol. The van der Waals surface area contributed by atoms with E-state index in [-0.39, 0.29) is 5.82 Å². The van der Waals surface area contributed by atoms with E-state index in [0.717, 1.165) is 11.1 Å². The van der Waals surface area contributed by atoms with E-state index in [1.165, 1.54) is 23.9 Å². The first-order valence-electron chi connectivity index (χ1n) is 5.08. The van der Waals surface area contributed by atoms with Crippen LogP contribution in [0.4, 0.5) is 4.39 Å². The summed E-state index contributed by atoms with van der Waals surface area (Å²) in [6, 6.07) is 4.79. The Balaban J connectivity index is 2.05. The third-order valence-electron chi connectivity index (χ3n) is 2.12. The minimum atomic E-state index is -0.273. The van der Waals surface area contributed by atoms with Crippen LogP contribution in [0, 0.1) is 12.7 Å². The van der Waals surface area contributed by atoms with Crippen molar-refractivity contribution in [2.24, 2.45) is 5.73 Å². The largest absolute Gasteiger partial charge is 0.416 e. The van der Waals surface area contributed by atoms with Gasteiger partial charge in [0.2, 0.25) is 5.89 Å². The van der Waals surface area contributed by atoms with Crippen LogP contribution in [-0.2, 0) is 12.3 Å². The van der Waals surface area contributed by atoms with E-state index in [2.05, 4.69) is 10.2 Å². The predicted molar refractivity (Wildman–Crippen MR) is 62.9 cm³/mol. The van der Waals surface area contributed by atoms with Gasteiger partial charge in [-0.3, -0.25) is 0 Å². The topological polar surface area (TPSA) is 64.9 Å². The number of thioether (sulfide) groups is 1. The molecule has 17 heavy (non-hydrogen) atoms. The maximum atomic E-state index is 13.2. The Labute approximate surface area is 102 Å². The minimum Gasteiger partial charge on any atom is -0.416 e. The highest BCUT2D eigenvalue weighted by Gasteiger charge is 2.05. The van der Waals surface area contributed by atoms with Gasteiger partial charge in [0.1, 0.15) is 5.82 Å². The van der Waals surface area contributed by atoms with Crippen molar-refractivity contribution in [3.63, 3.8) is 0 Å².